The highest BCUT2D eigenvalue weighted by Crippen LogP contribution is 2.30. The number of ether oxygens (including phenoxy) is 4. The van der Waals surface area contributed by atoms with Crippen molar-refractivity contribution < 1.29 is 28.5 Å². The molecule has 1 heterocycles. The molecular weight excluding hydrogens is 486 g/mol. The molecule has 9 nitrogen and oxygen atoms in total. The average molecular weight is 528 g/mol. The predicted octanol–water partition coefficient (Wildman–Crippen LogP) is 3.38. The van der Waals surface area contributed by atoms with Crippen molar-refractivity contribution >= 4 is 11.8 Å². The zero-order valence-electron chi connectivity index (χ0n) is 23.1. The van der Waals surface area contributed by atoms with Gasteiger partial charge in [0.05, 0.1) is 20.8 Å². The van der Waals surface area contributed by atoms with Crippen LogP contribution in [0.2, 0.25) is 0 Å². The topological polar surface area (TPSA) is 98.4 Å². The van der Waals surface area contributed by atoms with Crippen LogP contribution in [-0.2, 0) is 4.74 Å². The number of benzene rings is 2. The third kappa shape index (κ3) is 7.85. The first-order chi connectivity index (χ1) is 18.4. The largest absolute Gasteiger partial charge is 0.497 e. The second-order valence-corrected chi connectivity index (χ2v) is 9.72. The lowest BCUT2D eigenvalue weighted by atomic mass is 9.93. The number of piperidine rings is 1. The number of hydrogen-bond donors (Lipinski definition) is 2. The lowest BCUT2D eigenvalue weighted by Crippen LogP contribution is -2.55. The smallest absolute Gasteiger partial charge is 0.254 e. The summed E-state index contributed by atoms with van der Waals surface area (Å²) in [6, 6.07) is 12.4. The van der Waals surface area contributed by atoms with Crippen molar-refractivity contribution in [2.45, 2.75) is 38.8 Å². The van der Waals surface area contributed by atoms with Crippen molar-refractivity contribution in [1.29, 1.82) is 0 Å². The molecule has 1 fully saturated rings. The summed E-state index contributed by atoms with van der Waals surface area (Å²) < 4.78 is 21.6. The molecule has 1 aliphatic rings. The molecule has 2 aromatic rings. The van der Waals surface area contributed by atoms with E-state index in [1.165, 1.54) is 0 Å². The van der Waals surface area contributed by atoms with E-state index in [1.54, 1.807) is 57.7 Å². The molecule has 0 aromatic heterocycles. The summed E-state index contributed by atoms with van der Waals surface area (Å²) in [5, 5.41) is 6.50. The number of rotatable bonds is 13. The molecule has 2 atom stereocenters. The van der Waals surface area contributed by atoms with Gasteiger partial charge in [-0.15, -0.1) is 0 Å². The fraction of sp³-hybridized carbons (Fsp3) is 0.517. The molecule has 2 amide bonds. The van der Waals surface area contributed by atoms with Crippen molar-refractivity contribution in [2.75, 3.05) is 54.2 Å². The third-order valence-corrected chi connectivity index (χ3v) is 6.65. The highest BCUT2D eigenvalue weighted by molar-refractivity contribution is 5.95. The number of carbonyl (C=O) groups excluding carboxylic acids is 2. The van der Waals surface area contributed by atoms with Gasteiger partial charge in [-0.3, -0.25) is 9.59 Å². The highest BCUT2D eigenvalue weighted by Gasteiger charge is 2.32. The number of carbonyl (C=O) groups is 2. The fourth-order valence-electron chi connectivity index (χ4n) is 4.76. The molecule has 0 spiro atoms. The molecule has 0 radical (unpaired) electrons. The van der Waals surface area contributed by atoms with Crippen LogP contribution in [0.1, 0.15) is 47.4 Å². The van der Waals surface area contributed by atoms with E-state index in [1.807, 2.05) is 24.8 Å². The van der Waals surface area contributed by atoms with Gasteiger partial charge in [0.1, 0.15) is 5.75 Å². The average Bonchev–Trinajstić information content (AvgIpc) is 2.94. The monoisotopic (exact) mass is 527 g/mol. The Morgan fingerprint density at radius 2 is 1.82 bits per heavy atom. The van der Waals surface area contributed by atoms with Gasteiger partial charge in [0.15, 0.2) is 11.5 Å². The second kappa shape index (κ2) is 14.6. The predicted molar refractivity (Wildman–Crippen MR) is 146 cm³/mol. The van der Waals surface area contributed by atoms with Crippen LogP contribution in [0.25, 0.3) is 0 Å². The summed E-state index contributed by atoms with van der Waals surface area (Å²) in [6.07, 6.45) is 1.52. The maximum atomic E-state index is 13.7. The van der Waals surface area contributed by atoms with Crippen molar-refractivity contribution in [2.24, 2.45) is 5.92 Å². The molecule has 0 unspecified atom stereocenters. The quantitative estimate of drug-likeness (QED) is 0.386. The van der Waals surface area contributed by atoms with Crippen LogP contribution in [0.5, 0.6) is 17.2 Å². The van der Waals surface area contributed by atoms with E-state index in [2.05, 4.69) is 10.6 Å². The van der Waals surface area contributed by atoms with E-state index in [0.717, 1.165) is 19.4 Å². The first-order valence-electron chi connectivity index (χ1n) is 13.1. The minimum atomic E-state index is -0.140. The summed E-state index contributed by atoms with van der Waals surface area (Å²) in [4.78, 5) is 28.3. The zero-order chi connectivity index (χ0) is 27.5. The van der Waals surface area contributed by atoms with Crippen LogP contribution in [0.15, 0.2) is 42.5 Å². The van der Waals surface area contributed by atoms with Gasteiger partial charge < -0.3 is 34.5 Å². The van der Waals surface area contributed by atoms with Crippen molar-refractivity contribution in [3.63, 3.8) is 0 Å². The summed E-state index contributed by atoms with van der Waals surface area (Å²) in [6.45, 7) is 7.10. The summed E-state index contributed by atoms with van der Waals surface area (Å²) >= 11 is 0. The Kier molecular flexibility index (Phi) is 11.2. The van der Waals surface area contributed by atoms with Crippen LogP contribution in [0.4, 0.5) is 0 Å². The third-order valence-electron chi connectivity index (χ3n) is 6.65. The van der Waals surface area contributed by atoms with E-state index in [0.29, 0.717) is 54.7 Å². The second-order valence-electron chi connectivity index (χ2n) is 9.72. The van der Waals surface area contributed by atoms with Crippen LogP contribution in [-0.4, -0.2) is 83.0 Å². The van der Waals surface area contributed by atoms with E-state index in [9.17, 15) is 9.59 Å². The van der Waals surface area contributed by atoms with E-state index < -0.39 is 0 Å². The molecule has 3 rings (SSSR count). The lowest BCUT2D eigenvalue weighted by Gasteiger charge is -2.40. The Labute approximate surface area is 225 Å². The van der Waals surface area contributed by atoms with Gasteiger partial charge in [-0.1, -0.05) is 6.07 Å². The molecule has 208 valence electrons. The summed E-state index contributed by atoms with van der Waals surface area (Å²) in [7, 11) is 4.81. The first-order valence-corrected chi connectivity index (χ1v) is 13.1. The maximum absolute atomic E-state index is 13.7. The number of nitrogens with zero attached hydrogens (tertiary/aromatic N) is 1. The van der Waals surface area contributed by atoms with Crippen molar-refractivity contribution in [3.05, 3.63) is 53.6 Å². The normalized spacial score (nSPS) is 17.1. The van der Waals surface area contributed by atoms with Gasteiger partial charge in [-0.25, -0.2) is 0 Å². The number of hydrogen-bond acceptors (Lipinski definition) is 7. The first kappa shape index (κ1) is 29.3. The van der Waals surface area contributed by atoms with E-state index in [4.69, 9.17) is 18.9 Å². The van der Waals surface area contributed by atoms with Crippen LogP contribution < -0.4 is 24.8 Å². The minimum Gasteiger partial charge on any atom is -0.497 e. The number of methoxy groups -OCH3 is 3. The van der Waals surface area contributed by atoms with Gasteiger partial charge in [-0.05, 0) is 69.1 Å². The SMILES string of the molecule is COCCCOc1cc(C(=O)N(C(C)C)[C@H]2CNC[C@@H](CNC(=O)c3cccc(OC)c3)C2)ccc1OC. The highest BCUT2D eigenvalue weighted by atomic mass is 16.5. The molecule has 0 aliphatic carbocycles. The molecule has 9 heteroatoms. The molecule has 0 bridgehead atoms. The van der Waals surface area contributed by atoms with Crippen molar-refractivity contribution in [1.82, 2.24) is 15.5 Å². The molecule has 0 saturated carbocycles. The Balaban J connectivity index is 1.67. The minimum absolute atomic E-state index is 0.00685. The van der Waals surface area contributed by atoms with Gasteiger partial charge in [-0.2, -0.15) is 0 Å². The Bertz CT molecular complexity index is 1060. The van der Waals surface area contributed by atoms with E-state index in [-0.39, 0.29) is 29.8 Å². The van der Waals surface area contributed by atoms with Crippen LogP contribution in [0, 0.1) is 5.92 Å². The van der Waals surface area contributed by atoms with Crippen molar-refractivity contribution in [3.8, 4) is 17.2 Å². The van der Waals surface area contributed by atoms with Crippen LogP contribution in [0.3, 0.4) is 0 Å². The Morgan fingerprint density at radius 1 is 1.00 bits per heavy atom. The standard InChI is InChI=1S/C29H41N3O6/c1-20(2)32(29(34)23-10-11-26(37-5)27(16-23)38-13-7-12-35-3)24-14-21(17-30-19-24)18-31-28(33)22-8-6-9-25(15-22)36-4/h6,8-11,15-16,20-21,24,30H,7,12-14,17-19H2,1-5H3,(H,31,33)/t21-,24+/m0/s1. The fourth-order valence-corrected chi connectivity index (χ4v) is 4.76. The number of amides is 2. The molecule has 38 heavy (non-hydrogen) atoms. The van der Waals surface area contributed by atoms with Gasteiger partial charge in [0.2, 0.25) is 0 Å². The van der Waals surface area contributed by atoms with E-state index >= 15 is 0 Å². The van der Waals surface area contributed by atoms with Gasteiger partial charge in [0.25, 0.3) is 11.8 Å². The number of nitrogens with one attached hydrogen (secondary N) is 2. The molecule has 2 N–H and O–H groups in total. The summed E-state index contributed by atoms with van der Waals surface area (Å²) in [5.41, 5.74) is 1.11. The lowest BCUT2D eigenvalue weighted by molar-refractivity contribution is 0.0534. The molecule has 1 aliphatic heterocycles. The molecular formula is C29H41N3O6. The summed E-state index contributed by atoms with van der Waals surface area (Å²) in [5.74, 6) is 1.76. The molecule has 2 aromatic carbocycles. The van der Waals surface area contributed by atoms with Gasteiger partial charge >= 0.3 is 0 Å². The molecule has 1 saturated heterocycles. The Morgan fingerprint density at radius 3 is 2.53 bits per heavy atom. The van der Waals surface area contributed by atoms with Gasteiger partial charge in [0, 0.05) is 56.4 Å². The Hall–Kier alpha value is -3.30. The maximum Gasteiger partial charge on any atom is 0.254 e. The zero-order valence-corrected chi connectivity index (χ0v) is 23.1. The van der Waals surface area contributed by atoms with Crippen LogP contribution >= 0.6 is 0 Å².